The van der Waals surface area contributed by atoms with Gasteiger partial charge in [-0.25, -0.2) is 9.48 Å². The van der Waals surface area contributed by atoms with Crippen LogP contribution < -0.4 is 5.32 Å². The van der Waals surface area contributed by atoms with Crippen molar-refractivity contribution >= 4 is 11.9 Å². The highest BCUT2D eigenvalue weighted by Crippen LogP contribution is 2.30. The van der Waals surface area contributed by atoms with Crippen molar-refractivity contribution in [3.63, 3.8) is 0 Å². The molecule has 3 aliphatic heterocycles. The van der Waals surface area contributed by atoms with Crippen molar-refractivity contribution in [1.82, 2.24) is 24.9 Å². The second kappa shape index (κ2) is 7.23. The van der Waals surface area contributed by atoms with E-state index in [4.69, 9.17) is 5.41 Å². The molecule has 0 radical (unpaired) electrons. The van der Waals surface area contributed by atoms with Gasteiger partial charge in [0.15, 0.2) is 5.84 Å². The average molecular weight is 396 g/mol. The van der Waals surface area contributed by atoms with Crippen molar-refractivity contribution in [3.05, 3.63) is 29.2 Å². The normalized spacial score (nSPS) is 25.2. The predicted octanol–water partition coefficient (Wildman–Crippen LogP) is 2.65. The Morgan fingerprint density at radius 2 is 1.93 bits per heavy atom. The van der Waals surface area contributed by atoms with E-state index in [1.54, 1.807) is 0 Å². The van der Waals surface area contributed by atoms with Gasteiger partial charge < -0.3 is 15.1 Å². The van der Waals surface area contributed by atoms with Crippen molar-refractivity contribution in [2.45, 2.75) is 44.3 Å². The first-order valence-electron chi connectivity index (χ1n) is 9.56. The number of aromatic nitrogens is 2. The number of carbonyl (C=O) groups excluding carboxylic acids is 1. The van der Waals surface area contributed by atoms with Crippen LogP contribution in [0.2, 0.25) is 0 Å². The Labute approximate surface area is 160 Å². The maximum atomic E-state index is 12.9. The van der Waals surface area contributed by atoms with Crippen molar-refractivity contribution in [3.8, 4) is 0 Å². The largest absolute Gasteiger partial charge is 0.419 e. The van der Waals surface area contributed by atoms with E-state index in [0.717, 1.165) is 49.8 Å². The maximum absolute atomic E-state index is 12.9. The first-order valence-corrected chi connectivity index (χ1v) is 9.56. The van der Waals surface area contributed by atoms with E-state index in [2.05, 4.69) is 15.3 Å². The van der Waals surface area contributed by atoms with Crippen LogP contribution >= 0.6 is 0 Å². The van der Waals surface area contributed by atoms with Gasteiger partial charge in [-0.1, -0.05) is 0 Å². The number of nitrogens with one attached hydrogen (secondary N) is 2. The molecule has 0 spiro atoms. The van der Waals surface area contributed by atoms with Crippen molar-refractivity contribution < 1.29 is 18.0 Å². The number of nitrogens with zero attached hydrogens (tertiary/aromatic N) is 4. The average Bonchev–Trinajstić information content (AvgIpc) is 3.23. The number of piperidine rings is 1. The zero-order valence-electron chi connectivity index (χ0n) is 15.4. The van der Waals surface area contributed by atoms with Gasteiger partial charge in [-0.15, -0.1) is 0 Å². The molecule has 0 atom stereocenters. The van der Waals surface area contributed by atoms with Crippen LogP contribution in [0.15, 0.2) is 23.7 Å². The zero-order chi connectivity index (χ0) is 19.9. The number of fused-ring (bicyclic) bond motifs is 4. The highest BCUT2D eigenvalue weighted by atomic mass is 19.4. The molecule has 0 unspecified atom stereocenters. The van der Waals surface area contributed by atoms with E-state index in [-0.39, 0.29) is 17.9 Å². The predicted molar refractivity (Wildman–Crippen MR) is 95.9 cm³/mol. The fourth-order valence-corrected chi connectivity index (χ4v) is 4.23. The number of hydrogen-bond acceptors (Lipinski definition) is 4. The van der Waals surface area contributed by atoms with E-state index in [0.29, 0.717) is 36.9 Å². The third-order valence-corrected chi connectivity index (χ3v) is 5.82. The molecule has 2 N–H and O–H groups in total. The molecule has 5 rings (SSSR count). The minimum atomic E-state index is -4.50. The van der Waals surface area contributed by atoms with Crippen molar-refractivity contribution in [2.75, 3.05) is 26.2 Å². The molecule has 2 bridgehead atoms. The van der Waals surface area contributed by atoms with Crippen LogP contribution in [0.4, 0.5) is 18.0 Å². The first-order chi connectivity index (χ1) is 13.3. The van der Waals surface area contributed by atoms with Crippen LogP contribution in [0.25, 0.3) is 0 Å². The van der Waals surface area contributed by atoms with Crippen LogP contribution in [-0.4, -0.2) is 63.7 Å². The van der Waals surface area contributed by atoms with E-state index in [1.165, 1.54) is 0 Å². The van der Waals surface area contributed by atoms with Gasteiger partial charge in [0, 0.05) is 49.7 Å². The number of rotatable bonds is 2. The number of hydrogen-bond donors (Lipinski definition) is 2. The molecule has 2 amide bonds. The number of alkyl halides is 3. The lowest BCUT2D eigenvalue weighted by atomic mass is 10.1. The summed E-state index contributed by atoms with van der Waals surface area (Å²) in [6, 6.07) is 0.0523. The van der Waals surface area contributed by atoms with Gasteiger partial charge in [0.2, 0.25) is 0 Å². The molecule has 7 nitrogen and oxygen atoms in total. The minimum Gasteiger partial charge on any atom is -0.320 e. The highest BCUT2D eigenvalue weighted by Gasteiger charge is 2.34. The Morgan fingerprint density at radius 3 is 2.61 bits per heavy atom. The second-order valence-corrected chi connectivity index (χ2v) is 7.53. The molecule has 1 aromatic rings. The molecule has 1 aliphatic carbocycles. The monoisotopic (exact) mass is 396 g/mol. The topological polar surface area (TPSA) is 77.3 Å². The summed E-state index contributed by atoms with van der Waals surface area (Å²) in [5, 5.41) is 14.9. The minimum absolute atomic E-state index is 0.119. The second-order valence-electron chi connectivity index (χ2n) is 7.53. The molecular formula is C18H23F3N6O. The Balaban J connectivity index is 1.50. The molecule has 0 saturated carbocycles. The Morgan fingerprint density at radius 1 is 1.18 bits per heavy atom. The Bertz CT molecular complexity index is 806. The zero-order valence-corrected chi connectivity index (χ0v) is 15.4. The summed E-state index contributed by atoms with van der Waals surface area (Å²) >= 11 is 0. The van der Waals surface area contributed by atoms with Gasteiger partial charge in [-0.05, 0) is 32.1 Å². The first kappa shape index (κ1) is 19.0. The maximum Gasteiger partial charge on any atom is 0.419 e. The standard InChI is InChI=1S/C18H23F3N6O/c19-18(20,21)12-10-23-27(11-12)16(22)14-2-1-3-15(14)24-17(28)26-9-8-25-6-4-13(26)5-7-25/h10-11,13,22H,1-9H2,(H,24,28). The van der Waals surface area contributed by atoms with Gasteiger partial charge in [0.1, 0.15) is 0 Å². The summed E-state index contributed by atoms with van der Waals surface area (Å²) < 4.78 is 39.3. The number of amides is 2. The fraction of sp³-hybridized carbons (Fsp3) is 0.611. The molecular weight excluding hydrogens is 373 g/mol. The lowest BCUT2D eigenvalue weighted by Crippen LogP contribution is -2.46. The van der Waals surface area contributed by atoms with Crippen LogP contribution in [0.1, 0.15) is 37.7 Å². The van der Waals surface area contributed by atoms with E-state index in [1.807, 2.05) is 4.90 Å². The molecule has 4 heterocycles. The number of urea groups is 1. The lowest BCUT2D eigenvalue weighted by molar-refractivity contribution is -0.137. The third kappa shape index (κ3) is 3.65. The summed E-state index contributed by atoms with van der Waals surface area (Å²) in [5.41, 5.74) is 0.281. The van der Waals surface area contributed by atoms with Gasteiger partial charge in [0.05, 0.1) is 11.8 Å². The van der Waals surface area contributed by atoms with E-state index < -0.39 is 11.7 Å². The summed E-state index contributed by atoms with van der Waals surface area (Å²) in [4.78, 5) is 17.1. The Kier molecular flexibility index (Phi) is 4.90. The molecule has 10 heteroatoms. The molecule has 1 aromatic heterocycles. The summed E-state index contributed by atoms with van der Waals surface area (Å²) in [7, 11) is 0. The summed E-state index contributed by atoms with van der Waals surface area (Å²) in [6.45, 7) is 3.55. The number of halogens is 3. The molecule has 152 valence electrons. The lowest BCUT2D eigenvalue weighted by Gasteiger charge is -2.31. The van der Waals surface area contributed by atoms with Gasteiger partial charge >= 0.3 is 12.2 Å². The van der Waals surface area contributed by atoms with Crippen molar-refractivity contribution in [2.24, 2.45) is 0 Å². The van der Waals surface area contributed by atoms with Gasteiger partial charge in [-0.3, -0.25) is 5.41 Å². The molecule has 0 aromatic carbocycles. The van der Waals surface area contributed by atoms with Gasteiger partial charge in [0.25, 0.3) is 0 Å². The highest BCUT2D eigenvalue weighted by molar-refractivity contribution is 5.98. The van der Waals surface area contributed by atoms with E-state index >= 15 is 0 Å². The Hall–Kier alpha value is -2.36. The molecule has 3 saturated heterocycles. The van der Waals surface area contributed by atoms with Crippen LogP contribution in [0.3, 0.4) is 0 Å². The number of allylic oxidation sites excluding steroid dienone is 2. The SMILES string of the molecule is N=C(C1=C(NC(=O)N2CCN3CCC2CC3)CCC1)n1cc(C(F)(F)F)cn1. The molecule has 28 heavy (non-hydrogen) atoms. The van der Waals surface area contributed by atoms with Crippen LogP contribution in [0.5, 0.6) is 0 Å². The molecule has 3 fully saturated rings. The number of carbonyl (C=O) groups is 1. The third-order valence-electron chi connectivity index (χ3n) is 5.82. The van der Waals surface area contributed by atoms with E-state index in [9.17, 15) is 18.0 Å². The molecule has 4 aliphatic rings. The smallest absolute Gasteiger partial charge is 0.320 e. The van der Waals surface area contributed by atoms with Crippen LogP contribution in [0, 0.1) is 5.41 Å². The summed E-state index contributed by atoms with van der Waals surface area (Å²) in [6.07, 6.45) is 0.833. The quantitative estimate of drug-likeness (QED) is 0.596. The summed E-state index contributed by atoms with van der Waals surface area (Å²) in [5.74, 6) is -0.119. The van der Waals surface area contributed by atoms with Gasteiger partial charge in [-0.2, -0.15) is 18.3 Å². The van der Waals surface area contributed by atoms with Crippen molar-refractivity contribution in [1.29, 1.82) is 5.41 Å². The van der Waals surface area contributed by atoms with Crippen LogP contribution in [-0.2, 0) is 6.18 Å². The fourth-order valence-electron chi connectivity index (χ4n) is 4.23.